The summed E-state index contributed by atoms with van der Waals surface area (Å²) in [5.41, 5.74) is 1.97. The number of halogens is 1. The van der Waals surface area contributed by atoms with Crippen LogP contribution >= 0.6 is 27.7 Å². The van der Waals surface area contributed by atoms with Crippen LogP contribution in [0.1, 0.15) is 5.69 Å². The minimum atomic E-state index is 0.784. The first-order valence-electron chi connectivity index (χ1n) is 4.93. The highest BCUT2D eigenvalue weighted by Crippen LogP contribution is 2.20. The number of H-pyrrole nitrogens is 1. The van der Waals surface area contributed by atoms with Gasteiger partial charge in [0.25, 0.3) is 0 Å². The number of imidazole rings is 1. The van der Waals surface area contributed by atoms with Crippen molar-refractivity contribution >= 4 is 33.3 Å². The Morgan fingerprint density at radius 3 is 3.12 bits per heavy atom. The molecule has 3 rings (SSSR count). The van der Waals surface area contributed by atoms with Gasteiger partial charge in [0.2, 0.25) is 0 Å². The first-order chi connectivity index (χ1) is 8.31. The van der Waals surface area contributed by atoms with Gasteiger partial charge in [0.1, 0.15) is 10.7 Å². The van der Waals surface area contributed by atoms with E-state index in [0.717, 1.165) is 26.6 Å². The largest absolute Gasteiger partial charge is 0.306 e. The number of hydrogen-bond acceptors (Lipinski definition) is 4. The molecule has 0 saturated heterocycles. The summed E-state index contributed by atoms with van der Waals surface area (Å²) in [5.74, 6) is 0.784. The zero-order valence-corrected chi connectivity index (χ0v) is 11.1. The minimum absolute atomic E-state index is 0.784. The Morgan fingerprint density at radius 2 is 2.29 bits per heavy atom. The van der Waals surface area contributed by atoms with Gasteiger partial charge < -0.3 is 4.40 Å². The molecule has 86 valence electrons. The fourth-order valence-corrected chi connectivity index (χ4v) is 2.52. The second kappa shape index (κ2) is 4.50. The van der Waals surface area contributed by atoms with E-state index in [0.29, 0.717) is 0 Å². The van der Waals surface area contributed by atoms with Crippen LogP contribution in [0.15, 0.2) is 40.2 Å². The summed E-state index contributed by atoms with van der Waals surface area (Å²) in [6.07, 6.45) is 5.72. The molecule has 0 fully saturated rings. The van der Waals surface area contributed by atoms with Crippen molar-refractivity contribution in [3.8, 4) is 0 Å². The molecule has 0 atom stereocenters. The zero-order valence-electron chi connectivity index (χ0n) is 8.67. The molecular weight excluding hydrogens is 302 g/mol. The van der Waals surface area contributed by atoms with Crippen LogP contribution in [0.3, 0.4) is 0 Å². The van der Waals surface area contributed by atoms with Gasteiger partial charge in [-0.2, -0.15) is 10.3 Å². The molecule has 0 aliphatic rings. The van der Waals surface area contributed by atoms with E-state index in [9.17, 15) is 0 Å². The standard InChI is InChI=1S/C10H8BrN5S/c11-7-1-2-9-13-8(5-16(9)4-7)6-17-10-3-12-15-14-10/h1-5H,6H2,(H,12,14,15). The number of nitrogens with one attached hydrogen (secondary N) is 1. The van der Waals surface area contributed by atoms with Crippen molar-refractivity contribution < 1.29 is 0 Å². The zero-order chi connectivity index (χ0) is 11.7. The van der Waals surface area contributed by atoms with Gasteiger partial charge in [0.05, 0.1) is 11.9 Å². The molecule has 17 heavy (non-hydrogen) atoms. The first-order valence-corrected chi connectivity index (χ1v) is 6.71. The lowest BCUT2D eigenvalue weighted by atomic mass is 10.5. The van der Waals surface area contributed by atoms with E-state index in [1.54, 1.807) is 18.0 Å². The fourth-order valence-electron chi connectivity index (χ4n) is 1.50. The van der Waals surface area contributed by atoms with E-state index in [-0.39, 0.29) is 0 Å². The highest BCUT2D eigenvalue weighted by molar-refractivity contribution is 9.10. The number of aromatic amines is 1. The van der Waals surface area contributed by atoms with Gasteiger partial charge >= 0.3 is 0 Å². The molecule has 0 amide bonds. The van der Waals surface area contributed by atoms with E-state index < -0.39 is 0 Å². The molecule has 3 heterocycles. The van der Waals surface area contributed by atoms with Crippen LogP contribution in [-0.4, -0.2) is 24.8 Å². The van der Waals surface area contributed by atoms with Gasteiger partial charge in [0.15, 0.2) is 0 Å². The summed E-state index contributed by atoms with van der Waals surface area (Å²) in [4.78, 5) is 4.52. The van der Waals surface area contributed by atoms with Crippen LogP contribution in [0.4, 0.5) is 0 Å². The highest BCUT2D eigenvalue weighted by Gasteiger charge is 2.04. The summed E-state index contributed by atoms with van der Waals surface area (Å²) in [7, 11) is 0. The molecule has 0 radical (unpaired) electrons. The molecule has 0 saturated carbocycles. The van der Waals surface area contributed by atoms with E-state index in [1.165, 1.54) is 0 Å². The number of aromatic nitrogens is 5. The molecule has 0 aromatic carbocycles. The molecule has 0 aliphatic carbocycles. The van der Waals surface area contributed by atoms with Crippen LogP contribution in [0.25, 0.3) is 5.65 Å². The van der Waals surface area contributed by atoms with Crippen molar-refractivity contribution in [1.29, 1.82) is 0 Å². The van der Waals surface area contributed by atoms with Crippen molar-refractivity contribution in [3.05, 3.63) is 40.9 Å². The van der Waals surface area contributed by atoms with Crippen LogP contribution < -0.4 is 0 Å². The highest BCUT2D eigenvalue weighted by atomic mass is 79.9. The normalized spacial score (nSPS) is 11.1. The molecule has 0 unspecified atom stereocenters. The van der Waals surface area contributed by atoms with Gasteiger partial charge in [-0.3, -0.25) is 0 Å². The average molecular weight is 310 g/mol. The Balaban J connectivity index is 1.81. The third-order valence-corrected chi connectivity index (χ3v) is 3.63. The molecule has 7 heteroatoms. The maximum Gasteiger partial charge on any atom is 0.139 e. The van der Waals surface area contributed by atoms with Crippen molar-refractivity contribution in [3.63, 3.8) is 0 Å². The molecule has 0 bridgehead atoms. The second-order valence-corrected chi connectivity index (χ2v) is 5.35. The van der Waals surface area contributed by atoms with E-state index in [4.69, 9.17) is 0 Å². The second-order valence-electron chi connectivity index (χ2n) is 3.44. The first kappa shape index (κ1) is 10.8. The Labute approximate surface area is 110 Å². The lowest BCUT2D eigenvalue weighted by Crippen LogP contribution is -1.80. The van der Waals surface area contributed by atoms with Crippen LogP contribution in [-0.2, 0) is 5.75 Å². The van der Waals surface area contributed by atoms with Crippen LogP contribution in [0.2, 0.25) is 0 Å². The van der Waals surface area contributed by atoms with E-state index >= 15 is 0 Å². The third kappa shape index (κ3) is 2.34. The van der Waals surface area contributed by atoms with Crippen LogP contribution in [0, 0.1) is 0 Å². The van der Waals surface area contributed by atoms with Crippen molar-refractivity contribution in [2.45, 2.75) is 10.8 Å². The summed E-state index contributed by atoms with van der Waals surface area (Å²) in [6, 6.07) is 3.96. The van der Waals surface area contributed by atoms with E-state index in [2.05, 4.69) is 36.3 Å². The summed E-state index contributed by atoms with van der Waals surface area (Å²) in [5, 5.41) is 11.2. The monoisotopic (exact) mass is 309 g/mol. The number of thioether (sulfide) groups is 1. The molecule has 3 aromatic heterocycles. The number of hydrogen-bond donors (Lipinski definition) is 1. The predicted octanol–water partition coefficient (Wildman–Crippen LogP) is 2.51. The minimum Gasteiger partial charge on any atom is -0.306 e. The topological polar surface area (TPSA) is 58.9 Å². The fraction of sp³-hybridized carbons (Fsp3) is 0.100. The van der Waals surface area contributed by atoms with Gasteiger partial charge in [-0.1, -0.05) is 11.8 Å². The maximum absolute atomic E-state index is 4.52. The van der Waals surface area contributed by atoms with Gasteiger partial charge in [-0.05, 0) is 28.1 Å². The third-order valence-electron chi connectivity index (χ3n) is 2.23. The van der Waals surface area contributed by atoms with Gasteiger partial charge in [0, 0.05) is 22.6 Å². The number of rotatable bonds is 3. The maximum atomic E-state index is 4.52. The molecule has 1 N–H and O–H groups in total. The lowest BCUT2D eigenvalue weighted by Gasteiger charge is -1.91. The van der Waals surface area contributed by atoms with Gasteiger partial charge in [-0.15, -0.1) is 5.10 Å². The van der Waals surface area contributed by atoms with E-state index in [1.807, 2.05) is 28.9 Å². The Kier molecular flexibility index (Phi) is 2.86. The SMILES string of the molecule is Brc1ccc2nc(CSc3cn[nH]n3)cn2c1. The number of nitrogens with zero attached hydrogens (tertiary/aromatic N) is 4. The predicted molar refractivity (Wildman–Crippen MR) is 68.8 cm³/mol. The number of pyridine rings is 1. The summed E-state index contributed by atoms with van der Waals surface area (Å²) in [6.45, 7) is 0. The Bertz CT molecular complexity index is 633. The molecule has 5 nitrogen and oxygen atoms in total. The number of fused-ring (bicyclic) bond motifs is 1. The van der Waals surface area contributed by atoms with Crippen molar-refractivity contribution in [2.24, 2.45) is 0 Å². The van der Waals surface area contributed by atoms with Crippen molar-refractivity contribution in [1.82, 2.24) is 24.8 Å². The smallest absolute Gasteiger partial charge is 0.139 e. The molecule has 0 spiro atoms. The molecule has 0 aliphatic heterocycles. The van der Waals surface area contributed by atoms with Crippen molar-refractivity contribution in [2.75, 3.05) is 0 Å². The molecule has 3 aromatic rings. The van der Waals surface area contributed by atoms with Crippen LogP contribution in [0.5, 0.6) is 0 Å². The quantitative estimate of drug-likeness (QED) is 0.755. The summed E-state index contributed by atoms with van der Waals surface area (Å²) >= 11 is 5.04. The lowest BCUT2D eigenvalue weighted by molar-refractivity contribution is 0.911. The summed E-state index contributed by atoms with van der Waals surface area (Å²) < 4.78 is 3.04. The average Bonchev–Trinajstić information content (AvgIpc) is 2.94. The Hall–Kier alpha value is -1.34. The molecular formula is C10H8BrN5S. The Morgan fingerprint density at radius 1 is 1.35 bits per heavy atom. The van der Waals surface area contributed by atoms with Gasteiger partial charge in [-0.25, -0.2) is 4.98 Å².